The van der Waals surface area contributed by atoms with Crippen molar-refractivity contribution in [3.05, 3.63) is 59.7 Å². The van der Waals surface area contributed by atoms with Gasteiger partial charge in [0, 0.05) is 26.2 Å². The molecular weight excluding hydrogens is 1060 g/mol. The summed E-state index contributed by atoms with van der Waals surface area (Å²) in [6.45, 7) is 10.9. The minimum absolute atomic E-state index is 0.0225. The van der Waals surface area contributed by atoms with E-state index in [1.807, 2.05) is 24.3 Å². The molecule has 0 radical (unpaired) electrons. The van der Waals surface area contributed by atoms with E-state index < -0.39 is 20.0 Å². The highest BCUT2D eigenvalue weighted by Crippen LogP contribution is 2.22. The maximum atomic E-state index is 14.2. The number of nitrogens with zero attached hydrogens (tertiary/aromatic N) is 2. The highest BCUT2D eigenvalue weighted by Gasteiger charge is 2.26. The van der Waals surface area contributed by atoms with Crippen LogP contribution >= 0.6 is 0 Å². The monoisotopic (exact) mass is 1170 g/mol. The van der Waals surface area contributed by atoms with Crippen LogP contribution in [0, 0.1) is 0 Å². The fraction of sp³-hybridized carbons (Fsp3) is 0.806. The molecule has 0 unspecified atom stereocenters. The van der Waals surface area contributed by atoms with E-state index in [0.29, 0.717) is 118 Å². The Bertz CT molecular complexity index is 1740. The third kappa shape index (κ3) is 38.7. The number of aliphatic hydroxyl groups excluding tert-OH is 2. The molecular formula is C62H112N2O14S2. The van der Waals surface area contributed by atoms with Gasteiger partial charge in [0.15, 0.2) is 0 Å². The fourth-order valence-electron chi connectivity index (χ4n) is 9.21. The molecule has 2 aromatic rings. The lowest BCUT2D eigenvalue weighted by Gasteiger charge is -2.23. The van der Waals surface area contributed by atoms with Gasteiger partial charge in [-0.05, 0) is 73.9 Å². The van der Waals surface area contributed by atoms with Gasteiger partial charge in [0.25, 0.3) is 0 Å². The summed E-state index contributed by atoms with van der Waals surface area (Å²) in [6, 6.07) is 14.7. The van der Waals surface area contributed by atoms with Gasteiger partial charge in [-0.2, -0.15) is 8.61 Å². The van der Waals surface area contributed by atoms with Gasteiger partial charge in [-0.15, -0.1) is 0 Å². The molecule has 0 bridgehead atoms. The first kappa shape index (κ1) is 74.0. The topological polar surface area (TPSA) is 189 Å². The average Bonchev–Trinajstić information content (AvgIpc) is 3.47. The zero-order chi connectivity index (χ0) is 57.7. The van der Waals surface area contributed by atoms with Gasteiger partial charge in [-0.25, -0.2) is 16.8 Å². The third-order valence-electron chi connectivity index (χ3n) is 14.0. The van der Waals surface area contributed by atoms with Gasteiger partial charge in [0.05, 0.1) is 129 Å². The molecule has 0 aliphatic carbocycles. The van der Waals surface area contributed by atoms with Crippen molar-refractivity contribution in [3.63, 3.8) is 0 Å². The molecule has 18 heteroatoms. The molecule has 0 amide bonds. The molecule has 0 fully saturated rings. The molecule has 0 saturated heterocycles. The molecule has 16 nitrogen and oxygen atoms in total. The Labute approximate surface area is 486 Å². The predicted octanol–water partition coefficient (Wildman–Crippen LogP) is 11.0. The Balaban J connectivity index is 1.99. The van der Waals surface area contributed by atoms with Crippen molar-refractivity contribution in [1.82, 2.24) is 8.61 Å². The van der Waals surface area contributed by atoms with Crippen LogP contribution < -0.4 is 0 Å². The molecule has 0 atom stereocenters. The maximum Gasteiger partial charge on any atom is 0.243 e. The highest BCUT2D eigenvalue weighted by molar-refractivity contribution is 7.89. The van der Waals surface area contributed by atoms with Gasteiger partial charge >= 0.3 is 0 Å². The molecule has 2 N–H and O–H groups in total. The fourth-order valence-corrected chi connectivity index (χ4v) is 12.1. The number of unbranched alkanes of at least 4 members (excludes halogenated alkanes) is 21. The number of sulfonamides is 2. The van der Waals surface area contributed by atoms with Crippen molar-refractivity contribution >= 4 is 20.0 Å². The van der Waals surface area contributed by atoms with E-state index in [4.69, 9.17) is 48.1 Å². The first-order valence-electron chi connectivity index (χ1n) is 31.2. The molecule has 80 heavy (non-hydrogen) atoms. The summed E-state index contributed by atoms with van der Waals surface area (Å²) in [6.07, 6.45) is 29.9. The summed E-state index contributed by atoms with van der Waals surface area (Å²) in [4.78, 5) is 0.531. The van der Waals surface area contributed by atoms with E-state index >= 15 is 0 Å². The number of ether oxygens (including phenoxy) is 8. The Morgan fingerprint density at radius 3 is 0.812 bits per heavy atom. The molecule has 466 valence electrons. The molecule has 0 saturated carbocycles. The summed E-state index contributed by atoms with van der Waals surface area (Å²) < 4.78 is 104. The second-order valence-electron chi connectivity index (χ2n) is 20.7. The molecule has 2 rings (SSSR count). The van der Waals surface area contributed by atoms with Crippen LogP contribution in [0.2, 0.25) is 0 Å². The minimum atomic E-state index is -3.83. The van der Waals surface area contributed by atoms with Crippen LogP contribution in [0.15, 0.2) is 58.3 Å². The summed E-state index contributed by atoms with van der Waals surface area (Å²) in [5, 5.41) is 17.6. The van der Waals surface area contributed by atoms with Gasteiger partial charge in [0.1, 0.15) is 0 Å². The number of hydrogen-bond donors (Lipinski definition) is 2. The van der Waals surface area contributed by atoms with Gasteiger partial charge in [-0.1, -0.05) is 167 Å². The SMILES string of the molecule is CCCCCCCCCCCCc1ccc(S(=O)(=O)N(CCCCCCN(CCOCCOCCOCCOCCO)S(=O)(=O)c2ccc(CCCCCCCCCCCC)cc2)CCOCCOCCOCCOCCO)cc1. The van der Waals surface area contributed by atoms with Crippen LogP contribution in [-0.4, -0.2) is 181 Å². The Morgan fingerprint density at radius 2 is 0.537 bits per heavy atom. The molecule has 2 aromatic carbocycles. The third-order valence-corrected chi connectivity index (χ3v) is 17.8. The van der Waals surface area contributed by atoms with E-state index in [9.17, 15) is 16.8 Å². The average molecular weight is 1170 g/mol. The zero-order valence-electron chi connectivity index (χ0n) is 50.1. The van der Waals surface area contributed by atoms with E-state index in [-0.39, 0.29) is 62.5 Å². The lowest BCUT2D eigenvalue weighted by atomic mass is 10.0. The van der Waals surface area contributed by atoms with E-state index in [1.165, 1.54) is 124 Å². The summed E-state index contributed by atoms with van der Waals surface area (Å²) in [7, 11) is -7.65. The largest absolute Gasteiger partial charge is 0.394 e. The Hall–Kier alpha value is -2.14. The van der Waals surface area contributed by atoms with Crippen LogP contribution in [0.25, 0.3) is 0 Å². The van der Waals surface area contributed by atoms with E-state index in [1.54, 1.807) is 24.3 Å². The zero-order valence-corrected chi connectivity index (χ0v) is 51.7. The van der Waals surface area contributed by atoms with Crippen molar-refractivity contribution in [1.29, 1.82) is 0 Å². The first-order valence-corrected chi connectivity index (χ1v) is 34.1. The van der Waals surface area contributed by atoms with Crippen LogP contribution in [0.3, 0.4) is 0 Å². The highest BCUT2D eigenvalue weighted by atomic mass is 32.2. The predicted molar refractivity (Wildman–Crippen MR) is 321 cm³/mol. The molecule has 0 aromatic heterocycles. The standard InChI is InChI=1S/C62H112N2O14S2/c1-3-5-7-9-11-13-15-17-19-23-27-59-29-33-61(34-30-59)79(67,68)63(39-43-71-47-51-75-55-57-77-53-49-73-45-41-65)37-25-21-22-26-38-64(40-44-72-48-52-76-56-58-78-54-50-74-46-42-66)80(69,70)62-35-31-60(32-36-62)28-24-20-18-16-14-12-10-8-6-4-2/h29-36,65-66H,3-28,37-58H2,1-2H3. The Kier molecular flexibility index (Phi) is 48.5. The van der Waals surface area contributed by atoms with Crippen molar-refractivity contribution in [2.24, 2.45) is 0 Å². The minimum Gasteiger partial charge on any atom is -0.394 e. The van der Waals surface area contributed by atoms with E-state index in [2.05, 4.69) is 13.8 Å². The van der Waals surface area contributed by atoms with Crippen LogP contribution in [0.4, 0.5) is 0 Å². The molecule has 0 aliphatic heterocycles. The number of benzene rings is 2. The van der Waals surface area contributed by atoms with Crippen molar-refractivity contribution in [3.8, 4) is 0 Å². The second kappa shape index (κ2) is 52.4. The number of hydrogen-bond acceptors (Lipinski definition) is 14. The normalized spacial score (nSPS) is 12.2. The summed E-state index contributed by atoms with van der Waals surface area (Å²) >= 11 is 0. The van der Waals surface area contributed by atoms with Gasteiger partial charge in [-0.3, -0.25) is 0 Å². The number of rotatable bonds is 61. The lowest BCUT2D eigenvalue weighted by molar-refractivity contribution is -0.00608. The van der Waals surface area contributed by atoms with Crippen LogP contribution in [0.5, 0.6) is 0 Å². The molecule has 0 heterocycles. The second-order valence-corrected chi connectivity index (χ2v) is 24.6. The summed E-state index contributed by atoms with van der Waals surface area (Å²) in [5.74, 6) is 0. The van der Waals surface area contributed by atoms with E-state index in [0.717, 1.165) is 36.8 Å². The van der Waals surface area contributed by atoms with Crippen molar-refractivity contribution in [2.45, 2.75) is 191 Å². The molecule has 0 spiro atoms. The smallest absolute Gasteiger partial charge is 0.243 e. The van der Waals surface area contributed by atoms with Gasteiger partial charge < -0.3 is 48.1 Å². The van der Waals surface area contributed by atoms with Crippen LogP contribution in [0.1, 0.15) is 179 Å². The molecule has 0 aliphatic rings. The van der Waals surface area contributed by atoms with Crippen molar-refractivity contribution < 1.29 is 64.9 Å². The lowest BCUT2D eigenvalue weighted by Crippen LogP contribution is -2.35. The van der Waals surface area contributed by atoms with Crippen molar-refractivity contribution in [2.75, 3.05) is 145 Å². The van der Waals surface area contributed by atoms with Gasteiger partial charge in [0.2, 0.25) is 20.0 Å². The first-order chi connectivity index (χ1) is 39.2. The quantitative estimate of drug-likeness (QED) is 0.0595. The Morgan fingerprint density at radius 1 is 0.300 bits per heavy atom. The number of aliphatic hydroxyl groups is 2. The van der Waals surface area contributed by atoms with Crippen LogP contribution in [-0.2, 0) is 70.8 Å². The number of aryl methyl sites for hydroxylation is 2. The maximum absolute atomic E-state index is 14.2. The summed E-state index contributed by atoms with van der Waals surface area (Å²) in [5.41, 5.74) is 2.28.